The molecule has 0 bridgehead atoms. The zero-order valence-corrected chi connectivity index (χ0v) is 16.0. The SMILES string of the molecule is Cc1cc(NS(=O)(=O)c2ccc(N=C3C(=O)Nc4ccc(Cl)cc43)cc2)no1. The molecule has 28 heavy (non-hydrogen) atoms. The van der Waals surface area contributed by atoms with Crippen LogP contribution in [0.5, 0.6) is 0 Å². The maximum Gasteiger partial charge on any atom is 0.275 e. The maximum absolute atomic E-state index is 12.4. The lowest BCUT2D eigenvalue weighted by atomic mass is 10.1. The highest BCUT2D eigenvalue weighted by atomic mass is 35.5. The van der Waals surface area contributed by atoms with Gasteiger partial charge in [0.2, 0.25) is 0 Å². The molecule has 0 saturated heterocycles. The number of fused-ring (bicyclic) bond motifs is 1. The molecule has 0 fully saturated rings. The van der Waals surface area contributed by atoms with E-state index in [1.165, 1.54) is 30.3 Å². The van der Waals surface area contributed by atoms with Crippen molar-refractivity contribution in [3.8, 4) is 0 Å². The Hall–Kier alpha value is -3.17. The van der Waals surface area contributed by atoms with Crippen molar-refractivity contribution in [3.63, 3.8) is 0 Å². The van der Waals surface area contributed by atoms with Gasteiger partial charge in [0.1, 0.15) is 11.5 Å². The first-order valence-corrected chi connectivity index (χ1v) is 9.94. The maximum atomic E-state index is 12.4. The monoisotopic (exact) mass is 416 g/mol. The Labute approximate surface area is 165 Å². The number of hydrogen-bond acceptors (Lipinski definition) is 6. The van der Waals surface area contributed by atoms with Gasteiger partial charge in [-0.3, -0.25) is 9.52 Å². The fourth-order valence-corrected chi connectivity index (χ4v) is 3.83. The summed E-state index contributed by atoms with van der Waals surface area (Å²) in [5, 5.41) is 6.80. The first-order valence-electron chi connectivity index (χ1n) is 8.08. The lowest BCUT2D eigenvalue weighted by Gasteiger charge is -2.05. The smallest absolute Gasteiger partial charge is 0.275 e. The summed E-state index contributed by atoms with van der Waals surface area (Å²) in [6.45, 7) is 1.66. The summed E-state index contributed by atoms with van der Waals surface area (Å²) in [4.78, 5) is 16.5. The van der Waals surface area contributed by atoms with E-state index in [0.29, 0.717) is 27.7 Å². The van der Waals surface area contributed by atoms with Crippen LogP contribution in [0.1, 0.15) is 11.3 Å². The summed E-state index contributed by atoms with van der Waals surface area (Å²) in [6, 6.07) is 12.3. The molecule has 0 unspecified atom stereocenters. The van der Waals surface area contributed by atoms with Crippen LogP contribution < -0.4 is 10.0 Å². The van der Waals surface area contributed by atoms with E-state index in [2.05, 4.69) is 20.2 Å². The third-order valence-corrected chi connectivity index (χ3v) is 5.56. The second-order valence-corrected chi connectivity index (χ2v) is 8.15. The van der Waals surface area contributed by atoms with Gasteiger partial charge in [0.25, 0.3) is 15.9 Å². The number of aromatic nitrogens is 1. The van der Waals surface area contributed by atoms with Crippen molar-refractivity contribution in [2.75, 3.05) is 10.0 Å². The van der Waals surface area contributed by atoms with E-state index < -0.39 is 10.0 Å². The highest BCUT2D eigenvalue weighted by Gasteiger charge is 2.26. The van der Waals surface area contributed by atoms with Crippen molar-refractivity contribution in [2.24, 2.45) is 4.99 Å². The molecule has 1 aromatic heterocycles. The molecule has 8 nitrogen and oxygen atoms in total. The van der Waals surface area contributed by atoms with Crippen LogP contribution in [-0.2, 0) is 14.8 Å². The molecule has 0 saturated carbocycles. The number of sulfonamides is 1. The van der Waals surface area contributed by atoms with Gasteiger partial charge in [-0.15, -0.1) is 0 Å². The van der Waals surface area contributed by atoms with Crippen LogP contribution in [0.4, 0.5) is 17.2 Å². The van der Waals surface area contributed by atoms with Crippen LogP contribution in [0.15, 0.2) is 62.9 Å². The number of nitrogens with one attached hydrogen (secondary N) is 2. The zero-order valence-electron chi connectivity index (χ0n) is 14.4. The number of rotatable bonds is 4. The van der Waals surface area contributed by atoms with Gasteiger partial charge in [0.05, 0.1) is 16.3 Å². The van der Waals surface area contributed by atoms with E-state index in [1.807, 2.05) is 0 Å². The molecule has 2 aromatic carbocycles. The summed E-state index contributed by atoms with van der Waals surface area (Å²) in [5.74, 6) is 0.231. The standard InChI is InChI=1S/C18H13ClN4O4S/c1-10-8-16(22-27-10)23-28(25,26)13-5-3-12(4-6-13)20-17-14-9-11(19)2-7-15(14)21-18(17)24/h2-9H,1H3,(H,22,23)(H,20,21,24). The molecular weight excluding hydrogens is 404 g/mol. The largest absolute Gasteiger partial charge is 0.360 e. The number of aryl methyl sites for hydroxylation is 1. The molecule has 1 aliphatic heterocycles. The van der Waals surface area contributed by atoms with E-state index in [9.17, 15) is 13.2 Å². The minimum atomic E-state index is -3.83. The second kappa shape index (κ2) is 6.77. The third-order valence-electron chi connectivity index (χ3n) is 3.95. The average molecular weight is 417 g/mol. The first kappa shape index (κ1) is 18.2. The number of halogens is 1. The van der Waals surface area contributed by atoms with Crippen LogP contribution in [0.2, 0.25) is 5.02 Å². The number of aliphatic imine (C=N–C) groups is 1. The Morgan fingerprint density at radius 2 is 1.89 bits per heavy atom. The molecule has 0 atom stereocenters. The number of amides is 1. The van der Waals surface area contributed by atoms with Crippen LogP contribution in [0.25, 0.3) is 0 Å². The van der Waals surface area contributed by atoms with Gasteiger partial charge in [-0.1, -0.05) is 16.8 Å². The molecule has 2 heterocycles. The summed E-state index contributed by atoms with van der Waals surface area (Å²) < 4.78 is 32.0. The van der Waals surface area contributed by atoms with E-state index in [4.69, 9.17) is 16.1 Å². The zero-order chi connectivity index (χ0) is 19.9. The Morgan fingerprint density at radius 3 is 2.57 bits per heavy atom. The van der Waals surface area contributed by atoms with E-state index in [-0.39, 0.29) is 22.3 Å². The molecule has 1 aliphatic rings. The van der Waals surface area contributed by atoms with E-state index >= 15 is 0 Å². The second-order valence-electron chi connectivity index (χ2n) is 6.03. The molecule has 0 spiro atoms. The predicted octanol–water partition coefficient (Wildman–Crippen LogP) is 3.51. The number of benzene rings is 2. The molecule has 2 N–H and O–H groups in total. The van der Waals surface area contributed by atoms with Crippen LogP contribution in [0, 0.1) is 6.92 Å². The highest BCUT2D eigenvalue weighted by molar-refractivity contribution is 7.92. The van der Waals surface area contributed by atoms with Crippen molar-refractivity contribution in [1.29, 1.82) is 0 Å². The Bertz CT molecular complexity index is 1220. The lowest BCUT2D eigenvalue weighted by molar-refractivity contribution is -0.110. The summed E-state index contributed by atoms with van der Waals surface area (Å²) >= 11 is 6.00. The van der Waals surface area contributed by atoms with Gasteiger partial charge in [-0.05, 0) is 49.4 Å². The quantitative estimate of drug-likeness (QED) is 0.675. The summed E-state index contributed by atoms with van der Waals surface area (Å²) in [7, 11) is -3.83. The molecule has 3 aromatic rings. The minimum Gasteiger partial charge on any atom is -0.360 e. The summed E-state index contributed by atoms with van der Waals surface area (Å²) in [5.41, 5.74) is 1.86. The number of hydrogen-bond donors (Lipinski definition) is 2. The number of nitrogens with zero attached hydrogens (tertiary/aromatic N) is 2. The van der Waals surface area contributed by atoms with Crippen molar-refractivity contribution in [2.45, 2.75) is 11.8 Å². The molecule has 1 amide bonds. The first-order chi connectivity index (χ1) is 13.3. The highest BCUT2D eigenvalue weighted by Crippen LogP contribution is 2.29. The Balaban J connectivity index is 1.61. The van der Waals surface area contributed by atoms with Crippen molar-refractivity contribution < 1.29 is 17.7 Å². The fraction of sp³-hybridized carbons (Fsp3) is 0.0556. The molecular formula is C18H13ClN4O4S. The normalized spacial score (nSPS) is 14.8. The van der Waals surface area contributed by atoms with Gasteiger partial charge < -0.3 is 9.84 Å². The molecule has 0 aliphatic carbocycles. The van der Waals surface area contributed by atoms with Gasteiger partial charge in [-0.25, -0.2) is 13.4 Å². The van der Waals surface area contributed by atoms with Crippen molar-refractivity contribution in [3.05, 3.63) is 64.9 Å². The van der Waals surface area contributed by atoms with E-state index in [1.54, 1.807) is 25.1 Å². The Morgan fingerprint density at radius 1 is 1.14 bits per heavy atom. The molecule has 10 heteroatoms. The van der Waals surface area contributed by atoms with Gasteiger partial charge in [-0.2, -0.15) is 0 Å². The molecule has 4 rings (SSSR count). The van der Waals surface area contributed by atoms with Crippen molar-refractivity contribution >= 4 is 50.4 Å². The third kappa shape index (κ3) is 3.49. The van der Waals surface area contributed by atoms with Crippen LogP contribution in [-0.4, -0.2) is 25.2 Å². The van der Waals surface area contributed by atoms with Gasteiger partial charge in [0, 0.05) is 16.7 Å². The Kier molecular flexibility index (Phi) is 4.40. The minimum absolute atomic E-state index is 0.0245. The number of carbonyl (C=O) groups excluding carboxylic acids is 1. The van der Waals surface area contributed by atoms with Crippen molar-refractivity contribution in [1.82, 2.24) is 5.16 Å². The van der Waals surface area contributed by atoms with Gasteiger partial charge in [0.15, 0.2) is 5.82 Å². The topological polar surface area (TPSA) is 114 Å². The van der Waals surface area contributed by atoms with Gasteiger partial charge >= 0.3 is 0 Å². The fourth-order valence-electron chi connectivity index (χ4n) is 2.68. The predicted molar refractivity (Wildman–Crippen MR) is 105 cm³/mol. The average Bonchev–Trinajstić information content (AvgIpc) is 3.18. The van der Waals surface area contributed by atoms with Crippen LogP contribution in [0.3, 0.4) is 0 Å². The molecule has 142 valence electrons. The lowest BCUT2D eigenvalue weighted by Crippen LogP contribution is -2.14. The number of carbonyl (C=O) groups is 1. The molecule has 0 radical (unpaired) electrons. The van der Waals surface area contributed by atoms with Crippen LogP contribution >= 0.6 is 11.6 Å². The number of anilines is 2. The van der Waals surface area contributed by atoms with E-state index in [0.717, 1.165) is 0 Å². The summed E-state index contributed by atoms with van der Waals surface area (Å²) in [6.07, 6.45) is 0.